The highest BCUT2D eigenvalue weighted by molar-refractivity contribution is 6.30. The van der Waals surface area contributed by atoms with Crippen LogP contribution in [-0.4, -0.2) is 7.11 Å². The molecule has 106 valence electrons. The summed E-state index contributed by atoms with van der Waals surface area (Å²) in [5.74, 6) is 0.877. The van der Waals surface area contributed by atoms with Crippen molar-refractivity contribution < 1.29 is 4.74 Å². The lowest BCUT2D eigenvalue weighted by Gasteiger charge is -2.25. The zero-order valence-corrected chi connectivity index (χ0v) is 12.7. The van der Waals surface area contributed by atoms with Gasteiger partial charge in [-0.05, 0) is 55.2 Å². The summed E-state index contributed by atoms with van der Waals surface area (Å²) in [4.78, 5) is 0. The van der Waals surface area contributed by atoms with Crippen LogP contribution < -0.4 is 10.5 Å². The summed E-state index contributed by atoms with van der Waals surface area (Å²) in [7, 11) is 1.67. The van der Waals surface area contributed by atoms with Gasteiger partial charge in [0.05, 0.1) is 7.11 Å². The highest BCUT2D eigenvalue weighted by atomic mass is 35.5. The van der Waals surface area contributed by atoms with Crippen LogP contribution >= 0.6 is 11.6 Å². The Morgan fingerprint density at radius 2 is 1.65 bits per heavy atom. The molecular formula is C17H20ClNO. The van der Waals surface area contributed by atoms with E-state index in [2.05, 4.69) is 19.1 Å². The van der Waals surface area contributed by atoms with Crippen LogP contribution in [-0.2, 0) is 12.0 Å². The van der Waals surface area contributed by atoms with Crippen molar-refractivity contribution in [3.05, 3.63) is 64.7 Å². The van der Waals surface area contributed by atoms with E-state index >= 15 is 0 Å². The monoisotopic (exact) mass is 289 g/mol. The maximum atomic E-state index is 6.42. The van der Waals surface area contributed by atoms with Gasteiger partial charge >= 0.3 is 0 Å². The van der Waals surface area contributed by atoms with Gasteiger partial charge in [0.25, 0.3) is 0 Å². The Bertz CT molecular complexity index is 546. The Labute approximate surface area is 125 Å². The molecule has 0 bridgehead atoms. The molecule has 0 aromatic heterocycles. The van der Waals surface area contributed by atoms with Crippen LogP contribution in [0.25, 0.3) is 0 Å². The fourth-order valence-corrected chi connectivity index (χ4v) is 2.30. The molecule has 0 radical (unpaired) electrons. The minimum Gasteiger partial charge on any atom is -0.497 e. The quantitative estimate of drug-likeness (QED) is 0.897. The molecule has 1 atom stereocenters. The molecule has 2 rings (SSSR count). The molecule has 2 nitrogen and oxygen atoms in total. The van der Waals surface area contributed by atoms with E-state index in [1.165, 1.54) is 5.56 Å². The van der Waals surface area contributed by atoms with Crippen molar-refractivity contribution in [3.63, 3.8) is 0 Å². The normalized spacial score (nSPS) is 13.8. The molecule has 0 aliphatic carbocycles. The van der Waals surface area contributed by atoms with Gasteiger partial charge in [0.1, 0.15) is 5.75 Å². The van der Waals surface area contributed by atoms with Crippen LogP contribution in [0.15, 0.2) is 48.5 Å². The first-order valence-electron chi connectivity index (χ1n) is 6.69. The highest BCUT2D eigenvalue weighted by Crippen LogP contribution is 2.25. The lowest BCUT2D eigenvalue weighted by Crippen LogP contribution is -2.33. The number of rotatable bonds is 5. The van der Waals surface area contributed by atoms with E-state index in [9.17, 15) is 0 Å². The van der Waals surface area contributed by atoms with Gasteiger partial charge in [0.2, 0.25) is 0 Å². The molecule has 3 heteroatoms. The molecule has 20 heavy (non-hydrogen) atoms. The minimum atomic E-state index is -0.357. The summed E-state index contributed by atoms with van der Waals surface area (Å²) >= 11 is 5.91. The summed E-state index contributed by atoms with van der Waals surface area (Å²) in [5.41, 5.74) is 8.44. The molecular weight excluding hydrogens is 270 g/mol. The molecule has 0 spiro atoms. The summed E-state index contributed by atoms with van der Waals surface area (Å²) in [6.45, 7) is 2.06. The van der Waals surface area contributed by atoms with E-state index in [0.717, 1.165) is 29.2 Å². The molecule has 0 aliphatic heterocycles. The second-order valence-corrected chi connectivity index (χ2v) is 5.71. The second kappa shape index (κ2) is 6.29. The van der Waals surface area contributed by atoms with Crippen molar-refractivity contribution in [2.45, 2.75) is 25.3 Å². The fourth-order valence-electron chi connectivity index (χ4n) is 2.17. The maximum Gasteiger partial charge on any atom is 0.118 e. The van der Waals surface area contributed by atoms with E-state index in [-0.39, 0.29) is 5.54 Å². The van der Waals surface area contributed by atoms with Gasteiger partial charge in [-0.1, -0.05) is 35.9 Å². The standard InChI is InChI=1S/C17H20ClNO/c1-17(19,14-5-7-15(18)8-6-14)12-11-13-3-9-16(20-2)10-4-13/h3-10H,11-12,19H2,1-2H3. The topological polar surface area (TPSA) is 35.2 Å². The lowest BCUT2D eigenvalue weighted by atomic mass is 9.87. The van der Waals surface area contributed by atoms with Gasteiger partial charge < -0.3 is 10.5 Å². The van der Waals surface area contributed by atoms with Crippen LogP contribution in [0.2, 0.25) is 5.02 Å². The van der Waals surface area contributed by atoms with E-state index < -0.39 is 0 Å². The van der Waals surface area contributed by atoms with Gasteiger partial charge in [0, 0.05) is 10.6 Å². The third-order valence-corrected chi connectivity index (χ3v) is 3.85. The van der Waals surface area contributed by atoms with Gasteiger partial charge in [-0.3, -0.25) is 0 Å². The molecule has 0 saturated carbocycles. The SMILES string of the molecule is COc1ccc(CCC(C)(N)c2ccc(Cl)cc2)cc1. The number of benzene rings is 2. The Balaban J connectivity index is 2.02. The van der Waals surface area contributed by atoms with E-state index in [0.29, 0.717) is 0 Å². The molecule has 0 saturated heterocycles. The Hall–Kier alpha value is -1.51. The van der Waals surface area contributed by atoms with Crippen LogP contribution in [0.3, 0.4) is 0 Å². The van der Waals surface area contributed by atoms with Crippen molar-refractivity contribution in [2.75, 3.05) is 7.11 Å². The molecule has 0 amide bonds. The molecule has 1 unspecified atom stereocenters. The Morgan fingerprint density at radius 1 is 1.05 bits per heavy atom. The van der Waals surface area contributed by atoms with Gasteiger partial charge in [-0.25, -0.2) is 0 Å². The highest BCUT2D eigenvalue weighted by Gasteiger charge is 2.20. The van der Waals surface area contributed by atoms with Crippen LogP contribution in [0, 0.1) is 0 Å². The van der Waals surface area contributed by atoms with Crippen molar-refractivity contribution in [1.82, 2.24) is 0 Å². The molecule has 0 heterocycles. The number of hydrogen-bond donors (Lipinski definition) is 1. The van der Waals surface area contributed by atoms with E-state index in [1.807, 2.05) is 36.4 Å². The third-order valence-electron chi connectivity index (χ3n) is 3.60. The first-order valence-corrected chi connectivity index (χ1v) is 7.07. The predicted molar refractivity (Wildman–Crippen MR) is 84.3 cm³/mol. The summed E-state index contributed by atoms with van der Waals surface area (Å²) < 4.78 is 5.16. The van der Waals surface area contributed by atoms with Crippen molar-refractivity contribution >= 4 is 11.6 Å². The lowest BCUT2D eigenvalue weighted by molar-refractivity contribution is 0.414. The maximum absolute atomic E-state index is 6.42. The van der Waals surface area contributed by atoms with Crippen LogP contribution in [0.5, 0.6) is 5.75 Å². The predicted octanol–water partition coefficient (Wildman–Crippen LogP) is 4.16. The van der Waals surface area contributed by atoms with Crippen LogP contribution in [0.1, 0.15) is 24.5 Å². The molecule has 0 aliphatic rings. The summed E-state index contributed by atoms with van der Waals surface area (Å²) in [5, 5.41) is 0.736. The first kappa shape index (κ1) is 14.9. The Morgan fingerprint density at radius 3 is 2.20 bits per heavy atom. The molecule has 2 N–H and O–H groups in total. The number of nitrogens with two attached hydrogens (primary N) is 1. The average molecular weight is 290 g/mol. The number of halogens is 1. The Kier molecular flexibility index (Phi) is 4.69. The van der Waals surface area contributed by atoms with Crippen molar-refractivity contribution in [2.24, 2.45) is 5.73 Å². The molecule has 2 aromatic rings. The van der Waals surface area contributed by atoms with Crippen molar-refractivity contribution in [3.8, 4) is 5.75 Å². The van der Waals surface area contributed by atoms with Crippen molar-refractivity contribution in [1.29, 1.82) is 0 Å². The minimum absolute atomic E-state index is 0.357. The van der Waals surface area contributed by atoms with E-state index in [4.69, 9.17) is 22.1 Å². The second-order valence-electron chi connectivity index (χ2n) is 5.27. The number of hydrogen-bond acceptors (Lipinski definition) is 2. The zero-order valence-electron chi connectivity index (χ0n) is 11.9. The number of aryl methyl sites for hydroxylation is 1. The van der Waals surface area contributed by atoms with Gasteiger partial charge in [-0.15, -0.1) is 0 Å². The largest absolute Gasteiger partial charge is 0.497 e. The zero-order chi connectivity index (χ0) is 14.6. The van der Waals surface area contributed by atoms with E-state index in [1.54, 1.807) is 7.11 Å². The van der Waals surface area contributed by atoms with Crippen LogP contribution in [0.4, 0.5) is 0 Å². The molecule has 2 aromatic carbocycles. The molecule has 0 fully saturated rings. The fraction of sp³-hybridized carbons (Fsp3) is 0.294. The average Bonchev–Trinajstić information content (AvgIpc) is 2.46. The smallest absolute Gasteiger partial charge is 0.118 e. The number of ether oxygens (including phenoxy) is 1. The summed E-state index contributed by atoms with van der Waals surface area (Å²) in [6.07, 6.45) is 1.81. The van der Waals surface area contributed by atoms with Gasteiger partial charge in [-0.2, -0.15) is 0 Å². The first-order chi connectivity index (χ1) is 9.51. The third kappa shape index (κ3) is 3.75. The number of methoxy groups -OCH3 is 1. The summed E-state index contributed by atoms with van der Waals surface area (Å²) in [6, 6.07) is 15.9. The van der Waals surface area contributed by atoms with Gasteiger partial charge in [0.15, 0.2) is 0 Å².